The normalized spacial score (nSPS) is 11.5. The summed E-state index contributed by atoms with van der Waals surface area (Å²) in [6, 6.07) is 9.71. The molecule has 0 amide bonds. The predicted molar refractivity (Wildman–Crippen MR) is 90.7 cm³/mol. The smallest absolute Gasteiger partial charge is 0.252 e. The van der Waals surface area contributed by atoms with E-state index in [1.165, 1.54) is 11.6 Å². The Hall–Kier alpha value is -2.43. The summed E-state index contributed by atoms with van der Waals surface area (Å²) in [6.45, 7) is 8.30. The molecule has 22 heavy (non-hydrogen) atoms. The molecule has 2 aromatic rings. The molecule has 0 radical (unpaired) electrons. The van der Waals surface area contributed by atoms with Gasteiger partial charge < -0.3 is 0 Å². The van der Waals surface area contributed by atoms with Gasteiger partial charge in [-0.25, -0.2) is 10.4 Å². The maximum Gasteiger partial charge on any atom is 0.252 e. The van der Waals surface area contributed by atoms with Crippen molar-refractivity contribution >= 4 is 12.2 Å². The van der Waals surface area contributed by atoms with Crippen molar-refractivity contribution in [2.24, 2.45) is 5.10 Å². The summed E-state index contributed by atoms with van der Waals surface area (Å²) in [5, 5.41) is 4.12. The summed E-state index contributed by atoms with van der Waals surface area (Å²) in [4.78, 5) is 18.5. The van der Waals surface area contributed by atoms with E-state index in [-0.39, 0.29) is 11.5 Å². The summed E-state index contributed by atoms with van der Waals surface area (Å²) < 4.78 is 0. The molecule has 0 atom stereocenters. The lowest BCUT2D eigenvalue weighted by Crippen LogP contribution is -2.12. The lowest BCUT2D eigenvalue weighted by atomic mass is 10.0. The average molecular weight is 298 g/mol. The van der Waals surface area contributed by atoms with Gasteiger partial charge in [-0.15, -0.1) is 0 Å². The van der Waals surface area contributed by atoms with Gasteiger partial charge in [-0.2, -0.15) is 5.10 Å². The number of anilines is 1. The first kappa shape index (κ1) is 15.9. The number of aromatic amines is 1. The molecule has 1 heterocycles. The van der Waals surface area contributed by atoms with Crippen molar-refractivity contribution in [1.82, 2.24) is 9.97 Å². The second-order valence-electron chi connectivity index (χ2n) is 5.86. The van der Waals surface area contributed by atoms with E-state index in [2.05, 4.69) is 46.5 Å². The van der Waals surface area contributed by atoms with E-state index in [4.69, 9.17) is 0 Å². The van der Waals surface area contributed by atoms with Crippen LogP contribution in [0.5, 0.6) is 0 Å². The molecular formula is C17H22N4O. The highest BCUT2D eigenvalue weighted by atomic mass is 16.1. The molecule has 0 saturated heterocycles. The van der Waals surface area contributed by atoms with E-state index < -0.39 is 0 Å². The first-order chi connectivity index (χ1) is 10.5. The van der Waals surface area contributed by atoms with Crippen molar-refractivity contribution in [3.63, 3.8) is 0 Å². The van der Waals surface area contributed by atoms with E-state index in [1.54, 1.807) is 6.21 Å². The number of benzene rings is 1. The minimum Gasteiger partial charge on any atom is -0.291 e. The molecule has 0 aliphatic carbocycles. The molecule has 0 saturated carbocycles. The van der Waals surface area contributed by atoms with Gasteiger partial charge in [-0.1, -0.05) is 52.0 Å². The SMILES string of the molecule is CC(C)c1ccc(/C=N\Nc2nc(C(C)C)cc(=O)[nH]2)cc1. The molecule has 5 heteroatoms. The Balaban J connectivity index is 2.07. The molecule has 0 unspecified atom stereocenters. The molecular weight excluding hydrogens is 276 g/mol. The molecule has 0 aliphatic heterocycles. The molecule has 0 bridgehead atoms. The molecule has 116 valence electrons. The van der Waals surface area contributed by atoms with Crippen molar-refractivity contribution in [3.05, 3.63) is 57.5 Å². The van der Waals surface area contributed by atoms with Gasteiger partial charge in [0, 0.05) is 6.07 Å². The van der Waals surface area contributed by atoms with Crippen molar-refractivity contribution in [2.45, 2.75) is 39.5 Å². The fraction of sp³-hybridized carbons (Fsp3) is 0.353. The minimum atomic E-state index is -0.183. The Labute approximate surface area is 130 Å². The van der Waals surface area contributed by atoms with Crippen LogP contribution < -0.4 is 11.0 Å². The van der Waals surface area contributed by atoms with Crippen molar-refractivity contribution in [2.75, 3.05) is 5.43 Å². The van der Waals surface area contributed by atoms with Gasteiger partial charge in [0.25, 0.3) is 5.56 Å². The number of rotatable bonds is 5. The summed E-state index contributed by atoms with van der Waals surface area (Å²) in [6.07, 6.45) is 1.70. The molecule has 1 aromatic carbocycles. The maximum absolute atomic E-state index is 11.6. The summed E-state index contributed by atoms with van der Waals surface area (Å²) in [7, 11) is 0. The quantitative estimate of drug-likeness (QED) is 0.656. The van der Waals surface area contributed by atoms with Crippen LogP contribution in [0.25, 0.3) is 0 Å². The van der Waals surface area contributed by atoms with Crippen LogP contribution in [-0.2, 0) is 0 Å². The highest BCUT2D eigenvalue weighted by Crippen LogP contribution is 2.14. The highest BCUT2D eigenvalue weighted by Gasteiger charge is 2.04. The lowest BCUT2D eigenvalue weighted by Gasteiger charge is -2.06. The molecule has 0 spiro atoms. The zero-order chi connectivity index (χ0) is 16.1. The number of nitrogens with zero attached hydrogens (tertiary/aromatic N) is 2. The van der Waals surface area contributed by atoms with Crippen LogP contribution in [0.15, 0.2) is 40.2 Å². The zero-order valence-electron chi connectivity index (χ0n) is 13.4. The third-order valence-corrected chi connectivity index (χ3v) is 3.34. The highest BCUT2D eigenvalue weighted by molar-refractivity contribution is 5.80. The third kappa shape index (κ3) is 4.28. The van der Waals surface area contributed by atoms with E-state index in [9.17, 15) is 4.79 Å². The second kappa shape index (κ2) is 7.02. The van der Waals surface area contributed by atoms with Gasteiger partial charge in [0.05, 0.1) is 11.9 Å². The summed E-state index contributed by atoms with van der Waals surface area (Å²) in [5.41, 5.74) is 5.60. The third-order valence-electron chi connectivity index (χ3n) is 3.34. The second-order valence-corrected chi connectivity index (χ2v) is 5.86. The monoisotopic (exact) mass is 298 g/mol. The number of nitrogens with one attached hydrogen (secondary N) is 2. The first-order valence-electron chi connectivity index (χ1n) is 7.46. The molecule has 1 aromatic heterocycles. The standard InChI is InChI=1S/C17H22N4O/c1-11(2)14-7-5-13(6-8-14)10-18-21-17-19-15(12(3)4)9-16(22)20-17/h5-12H,1-4H3,(H2,19,20,21,22)/b18-10-. The van der Waals surface area contributed by atoms with E-state index in [0.29, 0.717) is 11.9 Å². The Kier molecular flexibility index (Phi) is 5.09. The number of hydrogen-bond donors (Lipinski definition) is 2. The Bertz CT molecular complexity index is 699. The number of hydrogen-bond acceptors (Lipinski definition) is 4. The maximum atomic E-state index is 11.6. The topological polar surface area (TPSA) is 70.1 Å². The zero-order valence-corrected chi connectivity index (χ0v) is 13.4. The molecule has 2 rings (SSSR count). The van der Waals surface area contributed by atoms with Gasteiger partial charge in [0.15, 0.2) is 0 Å². The van der Waals surface area contributed by atoms with Gasteiger partial charge >= 0.3 is 0 Å². The average Bonchev–Trinajstić information content (AvgIpc) is 2.47. The largest absolute Gasteiger partial charge is 0.291 e. The van der Waals surface area contributed by atoms with E-state index >= 15 is 0 Å². The number of H-pyrrole nitrogens is 1. The Morgan fingerprint density at radius 3 is 2.41 bits per heavy atom. The number of hydrazone groups is 1. The fourth-order valence-electron chi connectivity index (χ4n) is 1.96. The van der Waals surface area contributed by atoms with Gasteiger partial charge in [-0.05, 0) is 23.0 Å². The first-order valence-corrected chi connectivity index (χ1v) is 7.46. The molecule has 0 fully saturated rings. The summed E-state index contributed by atoms with van der Waals surface area (Å²) in [5.74, 6) is 1.05. The van der Waals surface area contributed by atoms with E-state index in [1.807, 2.05) is 26.0 Å². The minimum absolute atomic E-state index is 0.183. The summed E-state index contributed by atoms with van der Waals surface area (Å²) >= 11 is 0. The number of aromatic nitrogens is 2. The lowest BCUT2D eigenvalue weighted by molar-refractivity contribution is 0.810. The molecule has 5 nitrogen and oxygen atoms in total. The van der Waals surface area contributed by atoms with E-state index in [0.717, 1.165) is 11.3 Å². The predicted octanol–water partition coefficient (Wildman–Crippen LogP) is 3.46. The van der Waals surface area contributed by atoms with Crippen molar-refractivity contribution < 1.29 is 0 Å². The van der Waals surface area contributed by atoms with Crippen LogP contribution in [0.2, 0.25) is 0 Å². The van der Waals surface area contributed by atoms with Crippen molar-refractivity contribution in [1.29, 1.82) is 0 Å². The van der Waals surface area contributed by atoms with Crippen LogP contribution >= 0.6 is 0 Å². The fourth-order valence-corrected chi connectivity index (χ4v) is 1.96. The van der Waals surface area contributed by atoms with Crippen LogP contribution in [0, 0.1) is 0 Å². The van der Waals surface area contributed by atoms with Crippen molar-refractivity contribution in [3.8, 4) is 0 Å². The van der Waals surface area contributed by atoms with Gasteiger partial charge in [0.2, 0.25) is 5.95 Å². The molecule has 2 N–H and O–H groups in total. The van der Waals surface area contributed by atoms with Crippen LogP contribution in [0.3, 0.4) is 0 Å². The van der Waals surface area contributed by atoms with Crippen LogP contribution in [0.4, 0.5) is 5.95 Å². The van der Waals surface area contributed by atoms with Crippen LogP contribution in [-0.4, -0.2) is 16.2 Å². The Morgan fingerprint density at radius 2 is 1.82 bits per heavy atom. The van der Waals surface area contributed by atoms with Gasteiger partial charge in [-0.3, -0.25) is 9.78 Å². The Morgan fingerprint density at radius 1 is 1.14 bits per heavy atom. The molecule has 0 aliphatic rings. The van der Waals surface area contributed by atoms with Gasteiger partial charge in [0.1, 0.15) is 0 Å². The van der Waals surface area contributed by atoms with Crippen LogP contribution in [0.1, 0.15) is 56.4 Å².